The summed E-state index contributed by atoms with van der Waals surface area (Å²) in [4.78, 5) is 0. The third-order valence-corrected chi connectivity index (χ3v) is 2.70. The molecule has 0 radical (unpaired) electrons. The van der Waals surface area contributed by atoms with Crippen molar-refractivity contribution in [2.75, 3.05) is 0 Å². The van der Waals surface area contributed by atoms with Crippen LogP contribution in [0, 0.1) is 17.8 Å². The van der Waals surface area contributed by atoms with Gasteiger partial charge in [0.15, 0.2) is 0 Å². The van der Waals surface area contributed by atoms with Crippen LogP contribution >= 0.6 is 0 Å². The number of hydrogen-bond acceptors (Lipinski definition) is 0. The summed E-state index contributed by atoms with van der Waals surface area (Å²) in [5.41, 5.74) is 0. The van der Waals surface area contributed by atoms with E-state index in [1.54, 1.807) is 0 Å². The van der Waals surface area contributed by atoms with Gasteiger partial charge in [-0.3, -0.25) is 0 Å². The van der Waals surface area contributed by atoms with Gasteiger partial charge in [-0.05, 0) is 17.8 Å². The summed E-state index contributed by atoms with van der Waals surface area (Å²) in [7, 11) is 0. The van der Waals surface area contributed by atoms with Crippen molar-refractivity contribution in [3.05, 3.63) is 0 Å². The van der Waals surface area contributed by atoms with E-state index >= 15 is 0 Å². The van der Waals surface area contributed by atoms with Crippen LogP contribution in [0.1, 0.15) is 81.6 Å². The van der Waals surface area contributed by atoms with Gasteiger partial charge in [0, 0.05) is 0 Å². The van der Waals surface area contributed by atoms with Crippen LogP contribution in [0.3, 0.4) is 0 Å². The van der Waals surface area contributed by atoms with E-state index in [0.29, 0.717) is 0 Å². The maximum atomic E-state index is 2.37. The maximum absolute atomic E-state index is 2.37. The van der Waals surface area contributed by atoms with Crippen LogP contribution < -0.4 is 0 Å². The zero-order valence-corrected chi connectivity index (χ0v) is 12.9. The van der Waals surface area contributed by atoms with E-state index in [4.69, 9.17) is 0 Å². The minimum absolute atomic E-state index is 0.861. The van der Waals surface area contributed by atoms with Crippen molar-refractivity contribution in [1.82, 2.24) is 0 Å². The van der Waals surface area contributed by atoms with Crippen LogP contribution in [0.4, 0.5) is 0 Å². The number of rotatable bonds is 4. The third-order valence-electron chi connectivity index (χ3n) is 2.70. The fourth-order valence-corrected chi connectivity index (χ4v) is 1.83. The van der Waals surface area contributed by atoms with Crippen LogP contribution in [0.5, 0.6) is 0 Å². The molecule has 0 aromatic rings. The average molecular weight is 216 g/mol. The van der Waals surface area contributed by atoms with Gasteiger partial charge in [-0.25, -0.2) is 0 Å². The summed E-state index contributed by atoms with van der Waals surface area (Å²) >= 11 is 0. The van der Waals surface area contributed by atoms with E-state index in [1.165, 1.54) is 19.3 Å². The van der Waals surface area contributed by atoms with Crippen LogP contribution in [0.2, 0.25) is 0 Å². The highest BCUT2D eigenvalue weighted by atomic mass is 14.2. The second-order valence-corrected chi connectivity index (χ2v) is 4.41. The molecular formula is C15H36. The van der Waals surface area contributed by atoms with E-state index in [1.807, 2.05) is 13.8 Å². The molecule has 0 aliphatic rings. The van der Waals surface area contributed by atoms with Crippen LogP contribution in [-0.4, -0.2) is 0 Å². The molecule has 0 spiro atoms. The fourth-order valence-electron chi connectivity index (χ4n) is 1.83. The molecule has 0 saturated carbocycles. The van der Waals surface area contributed by atoms with Crippen LogP contribution in [0.15, 0.2) is 0 Å². The Labute approximate surface area is 99.9 Å². The van der Waals surface area contributed by atoms with Gasteiger partial charge in [0.05, 0.1) is 0 Å². The van der Waals surface area contributed by atoms with E-state index in [9.17, 15) is 0 Å². The summed E-state index contributed by atoms with van der Waals surface area (Å²) in [5.74, 6) is 2.70. The molecule has 0 rings (SSSR count). The molecule has 2 atom stereocenters. The SMILES string of the molecule is CC.CCC.CCC(C)C(CC)C(C)C. The molecule has 0 nitrogen and oxygen atoms in total. The lowest BCUT2D eigenvalue weighted by molar-refractivity contribution is 0.256. The Morgan fingerprint density at radius 1 is 0.733 bits per heavy atom. The van der Waals surface area contributed by atoms with E-state index in [-0.39, 0.29) is 0 Å². The Bertz CT molecular complexity index is 84.0. The minimum Gasteiger partial charge on any atom is -0.0683 e. The summed E-state index contributed by atoms with van der Waals surface area (Å²) in [6.07, 6.45) is 3.92. The molecule has 0 heterocycles. The monoisotopic (exact) mass is 216 g/mol. The molecule has 0 aromatic heterocycles. The van der Waals surface area contributed by atoms with Gasteiger partial charge >= 0.3 is 0 Å². The van der Waals surface area contributed by atoms with Crippen molar-refractivity contribution in [2.24, 2.45) is 17.8 Å². The lowest BCUT2D eigenvalue weighted by atomic mass is 9.81. The van der Waals surface area contributed by atoms with Crippen molar-refractivity contribution in [1.29, 1.82) is 0 Å². The Kier molecular flexibility index (Phi) is 22.4. The van der Waals surface area contributed by atoms with E-state index < -0.39 is 0 Å². The van der Waals surface area contributed by atoms with Gasteiger partial charge in [0.25, 0.3) is 0 Å². The summed E-state index contributed by atoms with van der Waals surface area (Å²) in [6.45, 7) is 19.9. The molecule has 0 fully saturated rings. The van der Waals surface area contributed by atoms with Crippen molar-refractivity contribution < 1.29 is 0 Å². The second-order valence-electron chi connectivity index (χ2n) is 4.41. The highest BCUT2D eigenvalue weighted by molar-refractivity contribution is 4.66. The highest BCUT2D eigenvalue weighted by Crippen LogP contribution is 2.25. The number of hydrogen-bond donors (Lipinski definition) is 0. The first-order valence-corrected chi connectivity index (χ1v) is 7.04. The van der Waals surface area contributed by atoms with E-state index in [0.717, 1.165) is 17.8 Å². The molecule has 0 aliphatic heterocycles. The first-order chi connectivity index (χ1) is 7.04. The van der Waals surface area contributed by atoms with E-state index in [2.05, 4.69) is 48.5 Å². The standard InChI is InChI=1S/C10H22.C3H8.C2H6/c1-6-9(5)10(7-2)8(3)4;1-3-2;1-2/h8-10H,6-7H2,1-5H3;3H2,1-2H3;1-2H3. The predicted molar refractivity (Wildman–Crippen MR) is 75.4 cm³/mol. The normalized spacial score (nSPS) is 13.2. The van der Waals surface area contributed by atoms with Crippen molar-refractivity contribution in [2.45, 2.75) is 81.6 Å². The molecule has 96 valence electrons. The molecule has 0 bridgehead atoms. The first-order valence-electron chi connectivity index (χ1n) is 7.04. The predicted octanol–water partition coefficient (Wildman–Crippen LogP) is 6.16. The van der Waals surface area contributed by atoms with Crippen molar-refractivity contribution >= 4 is 0 Å². The van der Waals surface area contributed by atoms with Gasteiger partial charge in [-0.2, -0.15) is 0 Å². The van der Waals surface area contributed by atoms with Gasteiger partial charge in [-0.15, -0.1) is 0 Å². The maximum Gasteiger partial charge on any atom is -0.0368 e. The molecule has 2 unspecified atom stereocenters. The quantitative estimate of drug-likeness (QED) is 0.528. The summed E-state index contributed by atoms with van der Waals surface area (Å²) in [6, 6.07) is 0. The first kappa shape index (κ1) is 20.4. The topological polar surface area (TPSA) is 0 Å². The molecule has 15 heavy (non-hydrogen) atoms. The van der Waals surface area contributed by atoms with Crippen LogP contribution in [0.25, 0.3) is 0 Å². The minimum atomic E-state index is 0.861. The zero-order valence-electron chi connectivity index (χ0n) is 12.9. The third kappa shape index (κ3) is 14.0. The second kappa shape index (κ2) is 16.4. The lowest BCUT2D eigenvalue weighted by Crippen LogP contribution is -2.16. The van der Waals surface area contributed by atoms with Gasteiger partial charge in [0.1, 0.15) is 0 Å². The Morgan fingerprint density at radius 2 is 1.07 bits per heavy atom. The van der Waals surface area contributed by atoms with Crippen molar-refractivity contribution in [3.63, 3.8) is 0 Å². The Hall–Kier alpha value is 0. The molecule has 0 heteroatoms. The molecule has 0 amide bonds. The van der Waals surface area contributed by atoms with Gasteiger partial charge in [0.2, 0.25) is 0 Å². The Morgan fingerprint density at radius 3 is 1.13 bits per heavy atom. The summed E-state index contributed by atoms with van der Waals surface area (Å²) in [5, 5.41) is 0. The molecule has 0 aliphatic carbocycles. The largest absolute Gasteiger partial charge is 0.0683 e. The lowest BCUT2D eigenvalue weighted by Gasteiger charge is -2.24. The fraction of sp³-hybridized carbons (Fsp3) is 1.00. The molecule has 0 N–H and O–H groups in total. The average Bonchev–Trinajstić information content (AvgIpc) is 2.22. The van der Waals surface area contributed by atoms with Gasteiger partial charge < -0.3 is 0 Å². The van der Waals surface area contributed by atoms with Crippen LogP contribution in [-0.2, 0) is 0 Å². The highest BCUT2D eigenvalue weighted by Gasteiger charge is 2.16. The summed E-state index contributed by atoms with van der Waals surface area (Å²) < 4.78 is 0. The zero-order chi connectivity index (χ0) is 12.9. The smallest absolute Gasteiger partial charge is 0.0368 e. The molecular weight excluding hydrogens is 180 g/mol. The molecule has 0 aromatic carbocycles. The Balaban J connectivity index is -0.000000245. The van der Waals surface area contributed by atoms with Crippen molar-refractivity contribution in [3.8, 4) is 0 Å². The van der Waals surface area contributed by atoms with Gasteiger partial charge in [-0.1, -0.05) is 81.6 Å². The molecule has 0 saturated heterocycles.